The Hall–Kier alpha value is -3.48. The number of carbonyl (C=O) groups is 4. The second-order valence-corrected chi connectivity index (χ2v) is 7.88. The molecule has 0 bridgehead atoms. The molecule has 2 N–H and O–H groups in total. The van der Waals surface area contributed by atoms with Gasteiger partial charge in [0.05, 0.1) is 17.7 Å². The zero-order chi connectivity index (χ0) is 22.7. The van der Waals surface area contributed by atoms with E-state index in [1.165, 1.54) is 23.1 Å². The van der Waals surface area contributed by atoms with Crippen molar-refractivity contribution in [1.29, 1.82) is 0 Å². The summed E-state index contributed by atoms with van der Waals surface area (Å²) in [6.45, 7) is 7.96. The Balaban J connectivity index is 1.65. The third-order valence-electron chi connectivity index (χ3n) is 5.32. The van der Waals surface area contributed by atoms with Gasteiger partial charge in [-0.2, -0.15) is 0 Å². The van der Waals surface area contributed by atoms with Gasteiger partial charge in [0.25, 0.3) is 17.7 Å². The fraction of sp³-hybridized carbons (Fsp3) is 0.333. The highest BCUT2D eigenvalue weighted by atomic mass is 16.2. The number of amides is 4. The third-order valence-corrected chi connectivity index (χ3v) is 5.32. The molecule has 1 aliphatic heterocycles. The van der Waals surface area contributed by atoms with Gasteiger partial charge in [-0.3, -0.25) is 24.1 Å². The largest absolute Gasteiger partial charge is 0.343 e. The van der Waals surface area contributed by atoms with Crippen molar-refractivity contribution in [1.82, 2.24) is 10.2 Å². The summed E-state index contributed by atoms with van der Waals surface area (Å²) >= 11 is 0. The van der Waals surface area contributed by atoms with Gasteiger partial charge in [0.15, 0.2) is 0 Å². The standard InChI is InChI=1S/C24H27N3O4/c1-5-6-9-27-23(30)18-8-7-17(12-19(18)24(27)31)22(29)25-13-20(28)26-21-15(3)10-14(2)11-16(21)4/h7-8,10-12H,5-6,9,13H2,1-4H3,(H,25,29)(H,26,28). The highest BCUT2D eigenvalue weighted by molar-refractivity contribution is 6.22. The smallest absolute Gasteiger partial charge is 0.261 e. The van der Waals surface area contributed by atoms with Crippen molar-refractivity contribution in [3.63, 3.8) is 0 Å². The fourth-order valence-electron chi connectivity index (χ4n) is 3.77. The zero-order valence-electron chi connectivity index (χ0n) is 18.3. The molecule has 0 saturated carbocycles. The molecule has 7 heteroatoms. The highest BCUT2D eigenvalue weighted by Crippen LogP contribution is 2.25. The highest BCUT2D eigenvalue weighted by Gasteiger charge is 2.35. The van der Waals surface area contributed by atoms with E-state index in [1.807, 2.05) is 39.8 Å². The zero-order valence-corrected chi connectivity index (χ0v) is 18.3. The lowest BCUT2D eigenvalue weighted by Crippen LogP contribution is -2.33. The average molecular weight is 421 g/mol. The molecule has 1 heterocycles. The molecule has 4 amide bonds. The number of aryl methyl sites for hydroxylation is 3. The molecule has 0 fully saturated rings. The maximum absolute atomic E-state index is 12.6. The van der Waals surface area contributed by atoms with E-state index in [-0.39, 0.29) is 35.4 Å². The molecule has 7 nitrogen and oxygen atoms in total. The Morgan fingerprint density at radius 1 is 0.935 bits per heavy atom. The van der Waals surface area contributed by atoms with Crippen LogP contribution in [0.2, 0.25) is 0 Å². The third kappa shape index (κ3) is 4.66. The SMILES string of the molecule is CCCCN1C(=O)c2ccc(C(=O)NCC(=O)Nc3c(C)cc(C)cc3C)cc2C1=O. The molecule has 3 rings (SSSR count). The second kappa shape index (κ2) is 9.12. The van der Waals surface area contributed by atoms with Crippen molar-refractivity contribution in [2.24, 2.45) is 0 Å². The number of nitrogens with zero attached hydrogens (tertiary/aromatic N) is 1. The number of hydrogen-bond acceptors (Lipinski definition) is 4. The molecule has 1 aliphatic rings. The first-order chi connectivity index (χ1) is 14.7. The minimum atomic E-state index is -0.484. The Bertz CT molecular complexity index is 1050. The molecule has 0 aromatic heterocycles. The molecular formula is C24H27N3O4. The number of carbonyl (C=O) groups excluding carboxylic acids is 4. The van der Waals surface area contributed by atoms with Crippen LogP contribution in [-0.4, -0.2) is 41.6 Å². The molecule has 0 unspecified atom stereocenters. The number of anilines is 1. The molecule has 0 saturated heterocycles. The lowest BCUT2D eigenvalue weighted by Gasteiger charge is -2.13. The first kappa shape index (κ1) is 22.2. The van der Waals surface area contributed by atoms with E-state index >= 15 is 0 Å². The molecule has 31 heavy (non-hydrogen) atoms. The van der Waals surface area contributed by atoms with Crippen molar-refractivity contribution < 1.29 is 19.2 Å². The number of rotatable bonds is 7. The average Bonchev–Trinajstić information content (AvgIpc) is 2.96. The van der Waals surface area contributed by atoms with Crippen molar-refractivity contribution in [3.05, 3.63) is 63.7 Å². The summed E-state index contributed by atoms with van der Waals surface area (Å²) in [4.78, 5) is 51.0. The number of hydrogen-bond donors (Lipinski definition) is 2. The summed E-state index contributed by atoms with van der Waals surface area (Å²) < 4.78 is 0. The number of fused-ring (bicyclic) bond motifs is 1. The van der Waals surface area contributed by atoms with Crippen LogP contribution in [0.15, 0.2) is 30.3 Å². The molecule has 2 aromatic rings. The Labute approximate surface area is 181 Å². The topological polar surface area (TPSA) is 95.6 Å². The molecule has 2 aromatic carbocycles. The van der Waals surface area contributed by atoms with E-state index in [1.54, 1.807) is 0 Å². The van der Waals surface area contributed by atoms with Gasteiger partial charge in [-0.1, -0.05) is 31.0 Å². The lowest BCUT2D eigenvalue weighted by atomic mass is 10.0. The van der Waals surface area contributed by atoms with E-state index in [4.69, 9.17) is 0 Å². The van der Waals surface area contributed by atoms with Gasteiger partial charge in [0.1, 0.15) is 0 Å². The van der Waals surface area contributed by atoms with Crippen LogP contribution >= 0.6 is 0 Å². The van der Waals surface area contributed by atoms with Gasteiger partial charge < -0.3 is 10.6 Å². The Morgan fingerprint density at radius 3 is 2.23 bits per heavy atom. The molecule has 162 valence electrons. The lowest BCUT2D eigenvalue weighted by molar-refractivity contribution is -0.115. The van der Waals surface area contributed by atoms with E-state index in [0.717, 1.165) is 35.2 Å². The van der Waals surface area contributed by atoms with E-state index in [9.17, 15) is 19.2 Å². The first-order valence-electron chi connectivity index (χ1n) is 10.4. The Kier molecular flexibility index (Phi) is 6.53. The molecule has 0 aliphatic carbocycles. The van der Waals surface area contributed by atoms with Gasteiger partial charge in [-0.25, -0.2) is 0 Å². The van der Waals surface area contributed by atoms with E-state index < -0.39 is 5.91 Å². The van der Waals surface area contributed by atoms with Gasteiger partial charge in [-0.05, 0) is 56.5 Å². The number of unbranched alkanes of at least 4 members (excludes halogenated alkanes) is 1. The van der Waals surface area contributed by atoms with Gasteiger partial charge in [0, 0.05) is 17.8 Å². The summed E-state index contributed by atoms with van der Waals surface area (Å²) in [5.74, 6) is -1.54. The van der Waals surface area contributed by atoms with Crippen molar-refractivity contribution in [3.8, 4) is 0 Å². The van der Waals surface area contributed by atoms with Gasteiger partial charge in [0.2, 0.25) is 5.91 Å². The fourth-order valence-corrected chi connectivity index (χ4v) is 3.77. The number of benzene rings is 2. The predicted molar refractivity (Wildman–Crippen MR) is 118 cm³/mol. The van der Waals surface area contributed by atoms with Crippen LogP contribution in [0.1, 0.15) is 67.5 Å². The summed E-state index contributed by atoms with van der Waals surface area (Å²) in [5.41, 5.74) is 4.51. The van der Waals surface area contributed by atoms with Crippen LogP contribution < -0.4 is 10.6 Å². The van der Waals surface area contributed by atoms with Crippen molar-refractivity contribution in [2.45, 2.75) is 40.5 Å². The van der Waals surface area contributed by atoms with Crippen LogP contribution in [-0.2, 0) is 4.79 Å². The summed E-state index contributed by atoms with van der Waals surface area (Å²) in [6, 6.07) is 8.37. The van der Waals surface area contributed by atoms with Crippen LogP contribution in [0.4, 0.5) is 5.69 Å². The van der Waals surface area contributed by atoms with Crippen LogP contribution in [0.25, 0.3) is 0 Å². The van der Waals surface area contributed by atoms with E-state index in [0.29, 0.717) is 12.1 Å². The van der Waals surface area contributed by atoms with Crippen LogP contribution in [0.3, 0.4) is 0 Å². The monoisotopic (exact) mass is 421 g/mol. The summed E-state index contributed by atoms with van der Waals surface area (Å²) in [5, 5.41) is 5.40. The summed E-state index contributed by atoms with van der Waals surface area (Å²) in [7, 11) is 0. The van der Waals surface area contributed by atoms with E-state index in [2.05, 4.69) is 10.6 Å². The first-order valence-corrected chi connectivity index (χ1v) is 10.4. The van der Waals surface area contributed by atoms with Gasteiger partial charge >= 0.3 is 0 Å². The van der Waals surface area contributed by atoms with Crippen molar-refractivity contribution in [2.75, 3.05) is 18.4 Å². The minimum Gasteiger partial charge on any atom is -0.343 e. The maximum atomic E-state index is 12.6. The predicted octanol–water partition coefficient (Wildman–Crippen LogP) is 3.38. The molecule has 0 spiro atoms. The normalized spacial score (nSPS) is 12.7. The number of nitrogens with one attached hydrogen (secondary N) is 2. The van der Waals surface area contributed by atoms with Crippen LogP contribution in [0, 0.1) is 20.8 Å². The molecule has 0 radical (unpaired) electrons. The second-order valence-electron chi connectivity index (χ2n) is 7.88. The number of imide groups is 1. The molecule has 0 atom stereocenters. The van der Waals surface area contributed by atoms with Crippen LogP contribution in [0.5, 0.6) is 0 Å². The molecular weight excluding hydrogens is 394 g/mol. The van der Waals surface area contributed by atoms with Gasteiger partial charge in [-0.15, -0.1) is 0 Å². The summed E-state index contributed by atoms with van der Waals surface area (Å²) in [6.07, 6.45) is 1.60. The minimum absolute atomic E-state index is 0.210. The quantitative estimate of drug-likeness (QED) is 0.670. The Morgan fingerprint density at radius 2 is 1.58 bits per heavy atom. The maximum Gasteiger partial charge on any atom is 0.261 e. The van der Waals surface area contributed by atoms with Crippen molar-refractivity contribution >= 4 is 29.3 Å².